The van der Waals surface area contributed by atoms with Crippen molar-refractivity contribution in [1.82, 2.24) is 0 Å². The average Bonchev–Trinajstić information content (AvgIpc) is 2.18. The van der Waals surface area contributed by atoms with E-state index in [0.29, 0.717) is 6.42 Å². The number of carboxylic acids is 1. The second kappa shape index (κ2) is 4.74. The summed E-state index contributed by atoms with van der Waals surface area (Å²) in [6.07, 6.45) is 0.434. The molecule has 14 heavy (non-hydrogen) atoms. The van der Waals surface area contributed by atoms with Gasteiger partial charge in [0, 0.05) is 12.6 Å². The molecule has 0 saturated carbocycles. The Balaban J connectivity index is 2.87. The number of hydrogen-bond donors (Lipinski definition) is 3. The molecule has 4 N–H and O–H groups in total. The molecule has 0 radical (unpaired) electrons. The molecule has 1 atom stereocenters. The van der Waals surface area contributed by atoms with Gasteiger partial charge in [0.25, 0.3) is 0 Å². The number of aromatic carboxylic acids is 1. The van der Waals surface area contributed by atoms with Crippen molar-refractivity contribution in [2.24, 2.45) is 5.73 Å². The van der Waals surface area contributed by atoms with Gasteiger partial charge in [0.1, 0.15) is 0 Å². The summed E-state index contributed by atoms with van der Waals surface area (Å²) < 4.78 is 0. The smallest absolute Gasteiger partial charge is 0.335 e. The molecule has 0 heterocycles. The molecular weight excluding hydrogens is 182 g/mol. The van der Waals surface area contributed by atoms with Crippen molar-refractivity contribution < 1.29 is 15.0 Å². The molecule has 1 rings (SSSR count). The van der Waals surface area contributed by atoms with E-state index >= 15 is 0 Å². The van der Waals surface area contributed by atoms with Crippen LogP contribution in [0.5, 0.6) is 0 Å². The van der Waals surface area contributed by atoms with Crippen LogP contribution in [0, 0.1) is 0 Å². The lowest BCUT2D eigenvalue weighted by atomic mass is 10.0. The van der Waals surface area contributed by atoms with Gasteiger partial charge < -0.3 is 15.9 Å². The molecular formula is C10H13NO3. The third kappa shape index (κ3) is 2.55. The predicted molar refractivity (Wildman–Crippen MR) is 52.0 cm³/mol. The molecule has 0 spiro atoms. The molecule has 1 aromatic rings. The van der Waals surface area contributed by atoms with E-state index in [9.17, 15) is 4.79 Å². The van der Waals surface area contributed by atoms with Gasteiger partial charge in [-0.1, -0.05) is 12.1 Å². The molecule has 0 aromatic heterocycles. The number of aliphatic hydroxyl groups is 1. The van der Waals surface area contributed by atoms with Crippen molar-refractivity contribution in [3.63, 3.8) is 0 Å². The van der Waals surface area contributed by atoms with E-state index in [4.69, 9.17) is 15.9 Å². The summed E-state index contributed by atoms with van der Waals surface area (Å²) in [5.41, 5.74) is 6.68. The quantitative estimate of drug-likeness (QED) is 0.662. The van der Waals surface area contributed by atoms with Gasteiger partial charge in [-0.3, -0.25) is 0 Å². The zero-order chi connectivity index (χ0) is 10.6. The maximum atomic E-state index is 10.6. The van der Waals surface area contributed by atoms with E-state index in [1.54, 1.807) is 12.1 Å². The molecule has 0 amide bonds. The van der Waals surface area contributed by atoms with Gasteiger partial charge in [-0.15, -0.1) is 0 Å². The first-order valence-corrected chi connectivity index (χ1v) is 4.35. The average molecular weight is 195 g/mol. The van der Waals surface area contributed by atoms with E-state index in [-0.39, 0.29) is 18.2 Å². The van der Waals surface area contributed by atoms with Crippen molar-refractivity contribution in [3.05, 3.63) is 35.4 Å². The fourth-order valence-electron chi connectivity index (χ4n) is 1.21. The number of hydrogen-bond acceptors (Lipinski definition) is 3. The van der Waals surface area contributed by atoms with Crippen LogP contribution in [0.2, 0.25) is 0 Å². The summed E-state index contributed by atoms with van der Waals surface area (Å²) in [5.74, 6) is -0.969. The predicted octanol–water partition coefficient (Wildman–Crippen LogP) is 0.767. The lowest BCUT2D eigenvalue weighted by Gasteiger charge is -2.10. The van der Waals surface area contributed by atoms with E-state index in [1.165, 1.54) is 12.1 Å². The van der Waals surface area contributed by atoms with Gasteiger partial charge in [0.15, 0.2) is 0 Å². The van der Waals surface area contributed by atoms with E-state index in [1.807, 2.05) is 0 Å². The van der Waals surface area contributed by atoms with E-state index in [2.05, 4.69) is 0 Å². The summed E-state index contributed by atoms with van der Waals surface area (Å²) in [6.45, 7) is -0.00152. The molecule has 0 fully saturated rings. The Labute approximate surface area is 82.0 Å². The Morgan fingerprint density at radius 2 is 2.21 bits per heavy atom. The van der Waals surface area contributed by atoms with Crippen LogP contribution in [0.15, 0.2) is 24.3 Å². The highest BCUT2D eigenvalue weighted by Crippen LogP contribution is 2.15. The number of nitrogens with two attached hydrogens (primary N) is 1. The molecule has 0 unspecified atom stereocenters. The normalized spacial score (nSPS) is 12.4. The summed E-state index contributed by atoms with van der Waals surface area (Å²) in [6, 6.07) is 6.14. The fourth-order valence-corrected chi connectivity index (χ4v) is 1.21. The Hall–Kier alpha value is -1.39. The summed E-state index contributed by atoms with van der Waals surface area (Å²) in [4.78, 5) is 10.6. The van der Waals surface area contributed by atoms with Crippen LogP contribution in [-0.4, -0.2) is 22.8 Å². The number of carbonyl (C=O) groups is 1. The van der Waals surface area contributed by atoms with Gasteiger partial charge in [0.2, 0.25) is 0 Å². The Morgan fingerprint density at radius 3 is 2.79 bits per heavy atom. The summed E-state index contributed by atoms with van der Waals surface area (Å²) in [7, 11) is 0. The molecule has 4 nitrogen and oxygen atoms in total. The molecule has 1 aromatic carbocycles. The van der Waals surface area contributed by atoms with Crippen molar-refractivity contribution in [3.8, 4) is 0 Å². The summed E-state index contributed by atoms with van der Waals surface area (Å²) in [5, 5.41) is 17.4. The number of aliphatic hydroxyl groups excluding tert-OH is 1. The van der Waals surface area contributed by atoms with Crippen LogP contribution in [0.25, 0.3) is 0 Å². The Bertz CT molecular complexity index is 325. The zero-order valence-electron chi connectivity index (χ0n) is 7.68. The van der Waals surface area contributed by atoms with Crippen LogP contribution in [-0.2, 0) is 0 Å². The minimum absolute atomic E-state index is 0.00152. The van der Waals surface area contributed by atoms with Gasteiger partial charge in [-0.05, 0) is 24.1 Å². The summed E-state index contributed by atoms with van der Waals surface area (Å²) >= 11 is 0. The highest BCUT2D eigenvalue weighted by atomic mass is 16.4. The van der Waals surface area contributed by atoms with Crippen molar-refractivity contribution in [2.45, 2.75) is 12.5 Å². The lowest BCUT2D eigenvalue weighted by molar-refractivity contribution is 0.0696. The largest absolute Gasteiger partial charge is 0.478 e. The highest BCUT2D eigenvalue weighted by molar-refractivity contribution is 5.87. The van der Waals surface area contributed by atoms with Crippen molar-refractivity contribution >= 4 is 5.97 Å². The fraction of sp³-hybridized carbons (Fsp3) is 0.300. The molecule has 0 saturated heterocycles. The van der Waals surface area contributed by atoms with E-state index in [0.717, 1.165) is 5.56 Å². The van der Waals surface area contributed by atoms with Gasteiger partial charge in [-0.2, -0.15) is 0 Å². The molecule has 4 heteroatoms. The van der Waals surface area contributed by atoms with Gasteiger partial charge in [0.05, 0.1) is 5.56 Å². The monoisotopic (exact) mass is 195 g/mol. The van der Waals surface area contributed by atoms with Crippen LogP contribution in [0.3, 0.4) is 0 Å². The SMILES string of the molecule is N[C@H](CCO)c1cccc(C(=O)O)c1. The lowest BCUT2D eigenvalue weighted by Crippen LogP contribution is -2.12. The second-order valence-corrected chi connectivity index (χ2v) is 3.05. The first-order chi connectivity index (χ1) is 6.65. The van der Waals surface area contributed by atoms with Crippen LogP contribution >= 0.6 is 0 Å². The third-order valence-electron chi connectivity index (χ3n) is 2.00. The standard InChI is InChI=1S/C10H13NO3/c11-9(4-5-12)7-2-1-3-8(6-7)10(13)14/h1-3,6,9,12H,4-5,11H2,(H,13,14)/t9-/m1/s1. The second-order valence-electron chi connectivity index (χ2n) is 3.05. The highest BCUT2D eigenvalue weighted by Gasteiger charge is 2.08. The number of benzene rings is 1. The number of carboxylic acid groups (broad SMARTS) is 1. The molecule has 76 valence electrons. The number of rotatable bonds is 4. The van der Waals surface area contributed by atoms with Gasteiger partial charge >= 0.3 is 5.97 Å². The maximum Gasteiger partial charge on any atom is 0.335 e. The molecule has 0 bridgehead atoms. The Kier molecular flexibility index (Phi) is 3.62. The zero-order valence-corrected chi connectivity index (χ0v) is 7.68. The first kappa shape index (κ1) is 10.7. The van der Waals surface area contributed by atoms with Crippen molar-refractivity contribution in [1.29, 1.82) is 0 Å². The van der Waals surface area contributed by atoms with Crippen LogP contribution < -0.4 is 5.73 Å². The minimum atomic E-state index is -0.969. The van der Waals surface area contributed by atoms with Crippen molar-refractivity contribution in [2.75, 3.05) is 6.61 Å². The van der Waals surface area contributed by atoms with Gasteiger partial charge in [-0.25, -0.2) is 4.79 Å². The topological polar surface area (TPSA) is 83.5 Å². The van der Waals surface area contributed by atoms with E-state index < -0.39 is 5.97 Å². The molecule has 0 aliphatic carbocycles. The minimum Gasteiger partial charge on any atom is -0.478 e. The first-order valence-electron chi connectivity index (χ1n) is 4.35. The Morgan fingerprint density at radius 1 is 1.50 bits per heavy atom. The third-order valence-corrected chi connectivity index (χ3v) is 2.00. The molecule has 0 aliphatic rings. The maximum absolute atomic E-state index is 10.6. The van der Waals surface area contributed by atoms with Crippen LogP contribution in [0.4, 0.5) is 0 Å². The molecule has 0 aliphatic heterocycles. The van der Waals surface area contributed by atoms with Crippen LogP contribution in [0.1, 0.15) is 28.4 Å².